The Kier molecular flexibility index (Phi) is 5.66. The number of halogens is 3. The number of aryl methyl sites for hydroxylation is 1. The van der Waals surface area contributed by atoms with Crippen molar-refractivity contribution in [2.24, 2.45) is 0 Å². The molecule has 174 valence electrons. The molecule has 4 aromatic rings. The monoisotopic (exact) mass is 484 g/mol. The van der Waals surface area contributed by atoms with Crippen molar-refractivity contribution in [1.29, 1.82) is 5.26 Å². The third-order valence-corrected chi connectivity index (χ3v) is 6.84. The average molecular weight is 484 g/mol. The van der Waals surface area contributed by atoms with E-state index < -0.39 is 34.6 Å². The van der Waals surface area contributed by atoms with E-state index in [9.17, 15) is 33.4 Å². The molecular weight excluding hydrogens is 465 g/mol. The van der Waals surface area contributed by atoms with Crippen LogP contribution in [0.1, 0.15) is 41.2 Å². The van der Waals surface area contributed by atoms with Gasteiger partial charge in [0.15, 0.2) is 11.6 Å². The molecule has 4 rings (SSSR count). The van der Waals surface area contributed by atoms with Gasteiger partial charge in [-0.15, -0.1) is 11.3 Å². The van der Waals surface area contributed by atoms with Gasteiger partial charge in [-0.1, -0.05) is 13.8 Å². The molecule has 0 atom stereocenters. The fraction of sp³-hybridized carbons (Fsp3) is 0.200. The number of carbonyl (C=O) groups is 1. The molecule has 2 heterocycles. The number of benzene rings is 2. The number of hydrogen-bond acceptors (Lipinski definition) is 4. The molecule has 0 amide bonds. The summed E-state index contributed by atoms with van der Waals surface area (Å²) in [5, 5.41) is 29.6. The number of nitriles is 1. The Balaban J connectivity index is 2.26. The van der Waals surface area contributed by atoms with E-state index >= 15 is 0 Å². The summed E-state index contributed by atoms with van der Waals surface area (Å²) in [6.07, 6.45) is -0.000607. The molecule has 0 radical (unpaired) electrons. The first-order chi connectivity index (χ1) is 16.0. The predicted molar refractivity (Wildman–Crippen MR) is 123 cm³/mol. The first-order valence-electron chi connectivity index (χ1n) is 10.2. The lowest BCUT2D eigenvalue weighted by Crippen LogP contribution is -2.21. The van der Waals surface area contributed by atoms with Crippen LogP contribution in [0.15, 0.2) is 36.4 Å². The van der Waals surface area contributed by atoms with Crippen LogP contribution in [-0.4, -0.2) is 20.7 Å². The third-order valence-electron chi connectivity index (χ3n) is 5.75. The molecule has 2 N–H and O–H groups in total. The van der Waals surface area contributed by atoms with Crippen molar-refractivity contribution < 1.29 is 28.2 Å². The van der Waals surface area contributed by atoms with Gasteiger partial charge in [0.1, 0.15) is 10.7 Å². The van der Waals surface area contributed by atoms with Gasteiger partial charge in [0.25, 0.3) is 0 Å². The van der Waals surface area contributed by atoms with Crippen molar-refractivity contribution >= 4 is 28.2 Å². The van der Waals surface area contributed by atoms with Gasteiger partial charge in [-0.25, -0.2) is 13.6 Å². The van der Waals surface area contributed by atoms with Crippen molar-refractivity contribution in [2.75, 3.05) is 0 Å². The van der Waals surface area contributed by atoms with E-state index in [4.69, 9.17) is 0 Å². The second-order valence-corrected chi connectivity index (χ2v) is 9.68. The minimum Gasteiger partial charge on any atom is -0.504 e. The first kappa shape index (κ1) is 23.4. The average Bonchev–Trinajstić information content (AvgIpc) is 3.37. The molecule has 0 aliphatic carbocycles. The molecule has 0 bridgehead atoms. The summed E-state index contributed by atoms with van der Waals surface area (Å²) in [7, 11) is 0. The highest BCUT2D eigenvalue weighted by molar-refractivity contribution is 7.17. The number of aromatic carboxylic acids is 1. The van der Waals surface area contributed by atoms with Gasteiger partial charge < -0.3 is 14.8 Å². The van der Waals surface area contributed by atoms with E-state index in [-0.39, 0.29) is 27.8 Å². The second-order valence-electron chi connectivity index (χ2n) is 8.60. The number of aromatic nitrogens is 1. The smallest absolute Gasteiger partial charge is 0.345 e. The molecule has 0 fully saturated rings. The van der Waals surface area contributed by atoms with E-state index in [0.717, 1.165) is 17.4 Å². The number of aromatic hydroxyl groups is 1. The van der Waals surface area contributed by atoms with E-state index in [2.05, 4.69) is 6.07 Å². The SMILES string of the molecule is Cc1cc(-n2c(C(C)(C)CC#N)c(-c3ccc(C(=O)O)s3)c3c(O)c(F)c(F)cc32)ccc1F. The molecule has 9 heteroatoms. The maximum Gasteiger partial charge on any atom is 0.345 e. The molecule has 0 saturated carbocycles. The number of thiophene rings is 1. The van der Waals surface area contributed by atoms with Crippen LogP contribution in [0.4, 0.5) is 13.2 Å². The highest BCUT2D eigenvalue weighted by Gasteiger charge is 2.35. The van der Waals surface area contributed by atoms with Crippen molar-refractivity contribution in [3.8, 4) is 27.9 Å². The maximum atomic E-state index is 14.6. The van der Waals surface area contributed by atoms with Gasteiger partial charge in [0.2, 0.25) is 5.82 Å². The van der Waals surface area contributed by atoms with Gasteiger partial charge in [-0.2, -0.15) is 9.65 Å². The van der Waals surface area contributed by atoms with Crippen LogP contribution in [0.5, 0.6) is 5.75 Å². The Hall–Kier alpha value is -3.77. The summed E-state index contributed by atoms with van der Waals surface area (Å²) < 4.78 is 44.7. The Morgan fingerprint density at radius 1 is 1.15 bits per heavy atom. The summed E-state index contributed by atoms with van der Waals surface area (Å²) in [4.78, 5) is 11.9. The molecule has 0 spiro atoms. The fourth-order valence-electron chi connectivity index (χ4n) is 4.16. The van der Waals surface area contributed by atoms with Gasteiger partial charge >= 0.3 is 5.97 Å². The molecule has 2 aromatic carbocycles. The second kappa shape index (κ2) is 8.22. The van der Waals surface area contributed by atoms with Crippen molar-refractivity contribution in [3.05, 3.63) is 70.0 Å². The molecule has 2 aromatic heterocycles. The number of phenols is 1. The quantitative estimate of drug-likeness (QED) is 0.331. The Bertz CT molecular complexity index is 1510. The zero-order valence-corrected chi connectivity index (χ0v) is 19.2. The Morgan fingerprint density at radius 2 is 1.85 bits per heavy atom. The summed E-state index contributed by atoms with van der Waals surface area (Å²) in [6, 6.07) is 10.2. The standard InChI is InChI=1S/C25H19F3N2O3S/c1-12-10-13(4-5-14(12)26)30-16-11-15(27)21(28)22(31)19(16)20(23(30)25(2,3)8-9-29)17-6-7-18(34-17)24(32)33/h4-7,10-11,31H,8H2,1-3H3,(H,32,33). The van der Waals surface area contributed by atoms with Crippen LogP contribution in [0, 0.1) is 35.7 Å². The zero-order chi connectivity index (χ0) is 24.9. The van der Waals surface area contributed by atoms with Gasteiger partial charge in [-0.3, -0.25) is 0 Å². The van der Waals surface area contributed by atoms with Crippen molar-refractivity contribution in [1.82, 2.24) is 4.57 Å². The highest BCUT2D eigenvalue weighted by Crippen LogP contribution is 2.49. The lowest BCUT2D eigenvalue weighted by Gasteiger charge is -2.26. The largest absolute Gasteiger partial charge is 0.504 e. The van der Waals surface area contributed by atoms with Gasteiger partial charge in [0, 0.05) is 39.7 Å². The fourth-order valence-corrected chi connectivity index (χ4v) is 5.06. The lowest BCUT2D eigenvalue weighted by atomic mass is 9.83. The number of carboxylic acid groups (broad SMARTS) is 1. The molecule has 0 aliphatic rings. The summed E-state index contributed by atoms with van der Waals surface area (Å²) in [5.41, 5.74) is 0.611. The molecule has 0 unspecified atom stereocenters. The topological polar surface area (TPSA) is 86.2 Å². The van der Waals surface area contributed by atoms with E-state index in [0.29, 0.717) is 21.8 Å². The number of phenolic OH excluding ortho intramolecular Hbond substituents is 1. The summed E-state index contributed by atoms with van der Waals surface area (Å²) in [6.45, 7) is 5.08. The Morgan fingerprint density at radius 3 is 2.44 bits per heavy atom. The lowest BCUT2D eigenvalue weighted by molar-refractivity contribution is 0.0702. The number of nitrogens with zero attached hydrogens (tertiary/aromatic N) is 2. The third kappa shape index (κ3) is 3.60. The number of fused-ring (bicyclic) bond motifs is 1. The summed E-state index contributed by atoms with van der Waals surface area (Å²) >= 11 is 0.907. The van der Waals surface area contributed by atoms with Crippen LogP contribution >= 0.6 is 11.3 Å². The van der Waals surface area contributed by atoms with Crippen LogP contribution in [0.25, 0.3) is 27.0 Å². The van der Waals surface area contributed by atoms with E-state index in [1.54, 1.807) is 25.3 Å². The number of hydrogen-bond donors (Lipinski definition) is 2. The van der Waals surface area contributed by atoms with E-state index in [1.807, 2.05) is 0 Å². The number of rotatable bonds is 5. The van der Waals surface area contributed by atoms with Crippen LogP contribution in [0.2, 0.25) is 0 Å². The number of carboxylic acids is 1. The molecular formula is C25H19F3N2O3S. The Labute approximate surface area is 196 Å². The maximum absolute atomic E-state index is 14.6. The van der Waals surface area contributed by atoms with Gasteiger partial charge in [-0.05, 0) is 42.8 Å². The predicted octanol–water partition coefficient (Wildman–Crippen LogP) is 6.68. The minimum absolute atomic E-state index is 0.000607. The van der Waals surface area contributed by atoms with E-state index in [1.165, 1.54) is 30.3 Å². The molecule has 0 saturated heterocycles. The normalized spacial score (nSPS) is 11.7. The van der Waals surface area contributed by atoms with Crippen LogP contribution < -0.4 is 0 Å². The van der Waals surface area contributed by atoms with Crippen LogP contribution in [0.3, 0.4) is 0 Å². The van der Waals surface area contributed by atoms with Crippen molar-refractivity contribution in [2.45, 2.75) is 32.6 Å². The molecule has 34 heavy (non-hydrogen) atoms. The zero-order valence-electron chi connectivity index (χ0n) is 18.4. The van der Waals surface area contributed by atoms with Crippen molar-refractivity contribution in [3.63, 3.8) is 0 Å². The van der Waals surface area contributed by atoms with Gasteiger partial charge in [0.05, 0.1) is 17.0 Å². The minimum atomic E-state index is -1.44. The molecule has 0 aliphatic heterocycles. The van der Waals surface area contributed by atoms with Crippen LogP contribution in [-0.2, 0) is 5.41 Å². The highest BCUT2D eigenvalue weighted by atomic mass is 32.1. The first-order valence-corrected chi connectivity index (χ1v) is 11.0. The molecule has 5 nitrogen and oxygen atoms in total. The summed E-state index contributed by atoms with van der Waals surface area (Å²) in [5.74, 6) is -5.27.